The van der Waals surface area contributed by atoms with Gasteiger partial charge in [0.25, 0.3) is 5.91 Å². The molecule has 3 N–H and O–H groups in total. The first-order chi connectivity index (χ1) is 14.0. The molecule has 148 valence electrons. The van der Waals surface area contributed by atoms with Gasteiger partial charge in [-0.25, -0.2) is 10.4 Å². The minimum absolute atomic E-state index is 0.0128. The van der Waals surface area contributed by atoms with E-state index in [0.717, 1.165) is 5.56 Å². The van der Waals surface area contributed by atoms with E-state index in [-0.39, 0.29) is 26.6 Å². The Morgan fingerprint density at radius 1 is 1.07 bits per heavy atom. The number of benzene rings is 2. The second kappa shape index (κ2) is 9.60. The molecule has 0 saturated heterocycles. The lowest BCUT2D eigenvalue weighted by Gasteiger charge is -2.09. The number of nitrogens with two attached hydrogens (primary N) is 1. The highest BCUT2D eigenvalue weighted by molar-refractivity contribution is 6.46. The number of hydrogen-bond acceptors (Lipinski definition) is 5. The molecule has 3 aromatic rings. The van der Waals surface area contributed by atoms with E-state index in [0.29, 0.717) is 17.9 Å². The van der Waals surface area contributed by atoms with Crippen LogP contribution in [-0.2, 0) is 6.61 Å². The summed E-state index contributed by atoms with van der Waals surface area (Å²) in [6.45, 7) is 0.403. The molecule has 0 aliphatic heterocycles. The summed E-state index contributed by atoms with van der Waals surface area (Å²) in [5.41, 5.74) is 9.56. The largest absolute Gasteiger partial charge is 0.488 e. The number of para-hydroxylation sites is 1. The van der Waals surface area contributed by atoms with Crippen molar-refractivity contribution in [1.82, 2.24) is 10.4 Å². The number of nitrogens with one attached hydrogen (secondary N) is 1. The van der Waals surface area contributed by atoms with Crippen molar-refractivity contribution in [2.45, 2.75) is 6.61 Å². The van der Waals surface area contributed by atoms with Crippen LogP contribution in [0.25, 0.3) is 0 Å². The Morgan fingerprint density at radius 2 is 1.76 bits per heavy atom. The summed E-state index contributed by atoms with van der Waals surface area (Å²) in [7, 11) is 0. The van der Waals surface area contributed by atoms with Crippen LogP contribution in [0.4, 0.5) is 5.69 Å². The van der Waals surface area contributed by atoms with Crippen LogP contribution in [0, 0.1) is 0 Å². The van der Waals surface area contributed by atoms with Crippen LogP contribution in [-0.4, -0.2) is 17.1 Å². The van der Waals surface area contributed by atoms with Crippen LogP contribution < -0.4 is 15.9 Å². The molecule has 0 unspecified atom stereocenters. The number of carbonyl (C=O) groups excluding carboxylic acids is 1. The molecule has 0 bridgehead atoms. The molecule has 0 fully saturated rings. The molecule has 1 aromatic heterocycles. The normalized spacial score (nSPS) is 10.9. The molecular formula is C20H15Cl3N4O2. The van der Waals surface area contributed by atoms with Gasteiger partial charge in [-0.1, -0.05) is 77.3 Å². The molecule has 0 atom stereocenters. The lowest BCUT2D eigenvalue weighted by molar-refractivity contribution is 0.0950. The van der Waals surface area contributed by atoms with E-state index in [9.17, 15) is 4.79 Å². The summed E-state index contributed by atoms with van der Waals surface area (Å²) in [6, 6.07) is 17.0. The van der Waals surface area contributed by atoms with Gasteiger partial charge in [0, 0.05) is 5.56 Å². The number of pyridine rings is 1. The minimum Gasteiger partial charge on any atom is -0.488 e. The van der Waals surface area contributed by atoms with Crippen LogP contribution >= 0.6 is 34.8 Å². The smallest absolute Gasteiger partial charge is 0.291 e. The van der Waals surface area contributed by atoms with Crippen LogP contribution in [0.15, 0.2) is 59.7 Å². The highest BCUT2D eigenvalue weighted by Crippen LogP contribution is 2.34. The zero-order valence-corrected chi connectivity index (χ0v) is 17.2. The van der Waals surface area contributed by atoms with E-state index in [1.807, 2.05) is 48.5 Å². The lowest BCUT2D eigenvalue weighted by Crippen LogP contribution is -2.20. The number of aromatic nitrogens is 1. The van der Waals surface area contributed by atoms with Gasteiger partial charge in [-0.2, -0.15) is 5.10 Å². The van der Waals surface area contributed by atoms with Gasteiger partial charge in [0.15, 0.2) is 10.8 Å². The predicted molar refractivity (Wildman–Crippen MR) is 116 cm³/mol. The maximum Gasteiger partial charge on any atom is 0.291 e. The van der Waals surface area contributed by atoms with Crippen molar-refractivity contribution >= 4 is 52.6 Å². The number of anilines is 1. The number of hydrazone groups is 1. The summed E-state index contributed by atoms with van der Waals surface area (Å²) in [5.74, 6) is -0.0662. The Kier molecular flexibility index (Phi) is 6.93. The van der Waals surface area contributed by atoms with Crippen molar-refractivity contribution in [2.75, 3.05) is 5.73 Å². The predicted octanol–water partition coefficient (Wildman–Crippen LogP) is 4.97. The van der Waals surface area contributed by atoms with Gasteiger partial charge >= 0.3 is 0 Å². The molecule has 1 heterocycles. The Balaban J connectivity index is 1.70. The fraction of sp³-hybridized carbons (Fsp3) is 0.0500. The second-order valence-electron chi connectivity index (χ2n) is 5.80. The maximum absolute atomic E-state index is 12.3. The van der Waals surface area contributed by atoms with Crippen molar-refractivity contribution < 1.29 is 9.53 Å². The highest BCUT2D eigenvalue weighted by Gasteiger charge is 2.19. The number of halogens is 3. The van der Waals surface area contributed by atoms with E-state index in [2.05, 4.69) is 15.5 Å². The summed E-state index contributed by atoms with van der Waals surface area (Å²) in [4.78, 5) is 16.2. The van der Waals surface area contributed by atoms with Crippen molar-refractivity contribution in [3.63, 3.8) is 0 Å². The van der Waals surface area contributed by atoms with Crippen LogP contribution in [0.5, 0.6) is 5.75 Å². The van der Waals surface area contributed by atoms with Crippen molar-refractivity contribution in [1.29, 1.82) is 0 Å². The average molecular weight is 450 g/mol. The zero-order chi connectivity index (χ0) is 20.8. The minimum atomic E-state index is -0.681. The summed E-state index contributed by atoms with van der Waals surface area (Å²) in [5, 5.41) is 3.70. The number of rotatable bonds is 6. The van der Waals surface area contributed by atoms with Crippen LogP contribution in [0.2, 0.25) is 15.2 Å². The van der Waals surface area contributed by atoms with Gasteiger partial charge in [0.2, 0.25) is 0 Å². The number of amides is 1. The molecule has 0 aliphatic carbocycles. The van der Waals surface area contributed by atoms with Crippen molar-refractivity contribution in [3.05, 3.63) is 86.6 Å². The number of nitrogens with zero attached hydrogens (tertiary/aromatic N) is 2. The molecule has 0 aliphatic rings. The molecule has 9 heteroatoms. The van der Waals surface area contributed by atoms with E-state index in [1.54, 1.807) is 6.07 Å². The third-order valence-electron chi connectivity index (χ3n) is 3.81. The monoisotopic (exact) mass is 448 g/mol. The third kappa shape index (κ3) is 5.17. The Hall–Kier alpha value is -2.80. The molecule has 6 nitrogen and oxygen atoms in total. The van der Waals surface area contributed by atoms with Gasteiger partial charge in [-0.3, -0.25) is 4.79 Å². The number of hydrogen-bond donors (Lipinski definition) is 2. The Labute approximate surface area is 182 Å². The van der Waals surface area contributed by atoms with E-state index in [4.69, 9.17) is 45.3 Å². The number of ether oxygens (including phenoxy) is 1. The summed E-state index contributed by atoms with van der Waals surface area (Å²) < 4.78 is 5.84. The van der Waals surface area contributed by atoms with E-state index >= 15 is 0 Å². The van der Waals surface area contributed by atoms with E-state index in [1.165, 1.54) is 6.21 Å². The van der Waals surface area contributed by atoms with Crippen molar-refractivity contribution in [2.24, 2.45) is 5.10 Å². The second-order valence-corrected chi connectivity index (χ2v) is 6.92. The molecular weight excluding hydrogens is 435 g/mol. The number of nitrogen functional groups attached to an aromatic ring is 1. The first kappa shape index (κ1) is 20.9. The van der Waals surface area contributed by atoms with Gasteiger partial charge in [-0.05, 0) is 17.7 Å². The SMILES string of the molecule is Nc1c(Cl)c(Cl)nc(C(=O)N/N=C/c2ccccc2OCc2ccccc2)c1Cl. The topological polar surface area (TPSA) is 89.6 Å². The van der Waals surface area contributed by atoms with Gasteiger partial charge < -0.3 is 10.5 Å². The maximum atomic E-state index is 12.3. The fourth-order valence-corrected chi connectivity index (χ4v) is 2.94. The van der Waals surface area contributed by atoms with Crippen LogP contribution in [0.3, 0.4) is 0 Å². The molecule has 0 saturated carbocycles. The molecule has 3 rings (SSSR count). The Bertz CT molecular complexity index is 1060. The van der Waals surface area contributed by atoms with Gasteiger partial charge in [-0.15, -0.1) is 0 Å². The average Bonchev–Trinajstić information content (AvgIpc) is 2.74. The van der Waals surface area contributed by atoms with E-state index < -0.39 is 5.91 Å². The van der Waals surface area contributed by atoms with Gasteiger partial charge in [0.05, 0.1) is 16.9 Å². The first-order valence-corrected chi connectivity index (χ1v) is 9.50. The molecule has 1 amide bonds. The highest BCUT2D eigenvalue weighted by atomic mass is 35.5. The third-order valence-corrected chi connectivity index (χ3v) is 4.95. The van der Waals surface area contributed by atoms with Crippen molar-refractivity contribution in [3.8, 4) is 5.75 Å². The first-order valence-electron chi connectivity index (χ1n) is 8.36. The van der Waals surface area contributed by atoms with Gasteiger partial charge in [0.1, 0.15) is 17.4 Å². The Morgan fingerprint density at radius 3 is 2.52 bits per heavy atom. The van der Waals surface area contributed by atoms with Crippen LogP contribution in [0.1, 0.15) is 21.6 Å². The lowest BCUT2D eigenvalue weighted by atomic mass is 10.2. The summed E-state index contributed by atoms with van der Waals surface area (Å²) in [6.07, 6.45) is 1.45. The molecule has 0 spiro atoms. The summed E-state index contributed by atoms with van der Waals surface area (Å²) >= 11 is 17.7. The standard InChI is InChI=1S/C20H15Cl3N4O2/c21-15-17(24)16(22)19(23)26-18(15)20(28)27-25-10-13-8-4-5-9-14(13)29-11-12-6-2-1-3-7-12/h1-10H,11H2,(H2,24,26)(H,27,28)/b25-10+. The quantitative estimate of drug-likeness (QED) is 0.316. The molecule has 0 radical (unpaired) electrons. The fourth-order valence-electron chi connectivity index (χ4n) is 2.35. The molecule has 29 heavy (non-hydrogen) atoms. The molecule has 2 aromatic carbocycles. The zero-order valence-electron chi connectivity index (χ0n) is 14.9. The number of carbonyl (C=O) groups is 1.